The van der Waals surface area contributed by atoms with Crippen LogP contribution in [0.5, 0.6) is 5.75 Å². The van der Waals surface area contributed by atoms with Crippen LogP contribution in [0.2, 0.25) is 0 Å². The summed E-state index contributed by atoms with van der Waals surface area (Å²) in [5.41, 5.74) is 7.16. The van der Waals surface area contributed by atoms with Crippen LogP contribution >= 0.6 is 0 Å². The maximum atomic E-state index is 11.5. The summed E-state index contributed by atoms with van der Waals surface area (Å²) in [6, 6.07) is 5.99. The van der Waals surface area contributed by atoms with Crippen molar-refractivity contribution in [3.05, 3.63) is 29.3 Å². The summed E-state index contributed by atoms with van der Waals surface area (Å²) in [4.78, 5) is 11.5. The Morgan fingerprint density at radius 2 is 2.05 bits per heavy atom. The number of hydrogen-bond donors (Lipinski definition) is 1. The molecule has 0 fully saturated rings. The SMILES string of the molecule is COC(=O)C(C)(N)CC(C)Oc1ccc(C)cc1C. The van der Waals surface area contributed by atoms with E-state index in [-0.39, 0.29) is 6.10 Å². The molecule has 1 rings (SSSR count). The van der Waals surface area contributed by atoms with Gasteiger partial charge in [-0.1, -0.05) is 17.7 Å². The maximum absolute atomic E-state index is 11.5. The summed E-state index contributed by atoms with van der Waals surface area (Å²) in [6.07, 6.45) is 0.225. The molecule has 0 heterocycles. The summed E-state index contributed by atoms with van der Waals surface area (Å²) in [7, 11) is 1.34. The van der Waals surface area contributed by atoms with Gasteiger partial charge in [-0.3, -0.25) is 4.79 Å². The molecule has 4 nitrogen and oxygen atoms in total. The molecule has 19 heavy (non-hydrogen) atoms. The number of hydrogen-bond acceptors (Lipinski definition) is 4. The van der Waals surface area contributed by atoms with E-state index in [0.717, 1.165) is 11.3 Å². The molecule has 0 saturated carbocycles. The van der Waals surface area contributed by atoms with Crippen LogP contribution in [-0.2, 0) is 9.53 Å². The molecule has 0 aliphatic heterocycles. The van der Waals surface area contributed by atoms with Gasteiger partial charge < -0.3 is 15.2 Å². The molecule has 0 bridgehead atoms. The van der Waals surface area contributed by atoms with Crippen LogP contribution in [-0.4, -0.2) is 24.7 Å². The Balaban J connectivity index is 2.70. The molecule has 0 aliphatic carbocycles. The Hall–Kier alpha value is -1.55. The first kappa shape index (κ1) is 15.5. The summed E-state index contributed by atoms with van der Waals surface area (Å²) >= 11 is 0. The minimum absolute atomic E-state index is 0.171. The first-order valence-electron chi connectivity index (χ1n) is 6.37. The Morgan fingerprint density at radius 1 is 1.42 bits per heavy atom. The summed E-state index contributed by atoms with van der Waals surface area (Å²) in [5, 5.41) is 0. The van der Waals surface area contributed by atoms with E-state index < -0.39 is 11.5 Å². The molecule has 0 aliphatic rings. The highest BCUT2D eigenvalue weighted by molar-refractivity contribution is 5.79. The number of carbonyl (C=O) groups is 1. The Labute approximate surface area is 114 Å². The Morgan fingerprint density at radius 3 is 2.58 bits per heavy atom. The number of carbonyl (C=O) groups excluding carboxylic acids is 1. The molecule has 0 aromatic heterocycles. The van der Waals surface area contributed by atoms with Crippen molar-refractivity contribution in [3.8, 4) is 5.75 Å². The average molecular weight is 265 g/mol. The van der Waals surface area contributed by atoms with Crippen LogP contribution in [0.25, 0.3) is 0 Å². The van der Waals surface area contributed by atoms with Gasteiger partial charge in [0.25, 0.3) is 0 Å². The highest BCUT2D eigenvalue weighted by Crippen LogP contribution is 2.22. The third-order valence-corrected chi connectivity index (χ3v) is 3.02. The molecule has 0 spiro atoms. The van der Waals surface area contributed by atoms with Crippen molar-refractivity contribution in [2.45, 2.75) is 45.8 Å². The van der Waals surface area contributed by atoms with Crippen molar-refractivity contribution in [3.63, 3.8) is 0 Å². The van der Waals surface area contributed by atoms with Crippen LogP contribution in [0.1, 0.15) is 31.4 Å². The molecule has 2 unspecified atom stereocenters. The minimum atomic E-state index is -1.03. The summed E-state index contributed by atoms with van der Waals surface area (Å²) < 4.78 is 10.5. The van der Waals surface area contributed by atoms with Gasteiger partial charge in [0.1, 0.15) is 11.3 Å². The monoisotopic (exact) mass is 265 g/mol. The lowest BCUT2D eigenvalue weighted by Crippen LogP contribution is -2.48. The zero-order valence-corrected chi connectivity index (χ0v) is 12.3. The van der Waals surface area contributed by atoms with E-state index in [2.05, 4.69) is 10.8 Å². The normalized spacial score (nSPS) is 15.5. The first-order chi connectivity index (χ1) is 8.76. The second-order valence-corrected chi connectivity index (χ2v) is 5.31. The van der Waals surface area contributed by atoms with Crippen LogP contribution in [0.15, 0.2) is 18.2 Å². The quantitative estimate of drug-likeness (QED) is 0.830. The van der Waals surface area contributed by atoms with Crippen LogP contribution in [0, 0.1) is 13.8 Å². The molecule has 0 saturated heterocycles. The predicted octanol–water partition coefficient (Wildman–Crippen LogP) is 2.35. The molecular formula is C15H23NO3. The van der Waals surface area contributed by atoms with Gasteiger partial charge in [-0.05, 0) is 39.3 Å². The summed E-state index contributed by atoms with van der Waals surface area (Å²) in [5.74, 6) is 0.391. The second-order valence-electron chi connectivity index (χ2n) is 5.31. The molecule has 2 N–H and O–H groups in total. The van der Waals surface area contributed by atoms with Crippen molar-refractivity contribution >= 4 is 5.97 Å². The highest BCUT2D eigenvalue weighted by atomic mass is 16.5. The van der Waals surface area contributed by atoms with Gasteiger partial charge in [0.2, 0.25) is 0 Å². The number of aryl methyl sites for hydroxylation is 2. The van der Waals surface area contributed by atoms with Crippen LogP contribution < -0.4 is 10.5 Å². The third kappa shape index (κ3) is 4.24. The second kappa shape index (κ2) is 6.06. The van der Waals surface area contributed by atoms with E-state index in [9.17, 15) is 4.79 Å². The molecule has 4 heteroatoms. The number of benzene rings is 1. The number of rotatable bonds is 5. The largest absolute Gasteiger partial charge is 0.490 e. The van der Waals surface area contributed by atoms with E-state index in [1.54, 1.807) is 6.92 Å². The van der Waals surface area contributed by atoms with Gasteiger partial charge in [0.15, 0.2) is 0 Å². The lowest BCUT2D eigenvalue weighted by atomic mass is 9.96. The lowest BCUT2D eigenvalue weighted by molar-refractivity contribution is -0.147. The molecular weight excluding hydrogens is 242 g/mol. The Bertz CT molecular complexity index is 455. The van der Waals surface area contributed by atoms with Crippen LogP contribution in [0.3, 0.4) is 0 Å². The van der Waals surface area contributed by atoms with E-state index in [1.165, 1.54) is 12.7 Å². The molecule has 106 valence electrons. The number of ether oxygens (including phenoxy) is 2. The predicted molar refractivity (Wildman–Crippen MR) is 75.2 cm³/mol. The topological polar surface area (TPSA) is 61.5 Å². The first-order valence-corrected chi connectivity index (χ1v) is 6.37. The van der Waals surface area contributed by atoms with Crippen molar-refractivity contribution in [1.29, 1.82) is 0 Å². The van der Waals surface area contributed by atoms with Crippen molar-refractivity contribution in [2.24, 2.45) is 5.73 Å². The van der Waals surface area contributed by atoms with Crippen molar-refractivity contribution in [2.75, 3.05) is 7.11 Å². The van der Waals surface area contributed by atoms with Gasteiger partial charge in [0.05, 0.1) is 13.2 Å². The number of methoxy groups -OCH3 is 1. The fourth-order valence-electron chi connectivity index (χ4n) is 2.10. The standard InChI is InChI=1S/C15H23NO3/c1-10-6-7-13(11(2)8-10)19-12(3)9-15(4,16)14(17)18-5/h6-8,12H,9,16H2,1-5H3. The fourth-order valence-corrected chi connectivity index (χ4v) is 2.10. The van der Waals surface area contributed by atoms with E-state index in [0.29, 0.717) is 6.42 Å². The molecule has 1 aromatic carbocycles. The van der Waals surface area contributed by atoms with Crippen LogP contribution in [0.4, 0.5) is 0 Å². The lowest BCUT2D eigenvalue weighted by Gasteiger charge is -2.26. The minimum Gasteiger partial charge on any atom is -0.490 e. The molecule has 2 atom stereocenters. The fraction of sp³-hybridized carbons (Fsp3) is 0.533. The summed E-state index contributed by atoms with van der Waals surface area (Å²) in [6.45, 7) is 7.58. The van der Waals surface area contributed by atoms with Gasteiger partial charge in [-0.25, -0.2) is 0 Å². The highest BCUT2D eigenvalue weighted by Gasteiger charge is 2.32. The molecule has 0 radical (unpaired) electrons. The van der Waals surface area contributed by atoms with Gasteiger partial charge in [-0.2, -0.15) is 0 Å². The Kier molecular flexibility index (Phi) is 4.95. The van der Waals surface area contributed by atoms with Gasteiger partial charge >= 0.3 is 5.97 Å². The third-order valence-electron chi connectivity index (χ3n) is 3.02. The maximum Gasteiger partial charge on any atom is 0.325 e. The van der Waals surface area contributed by atoms with Crippen molar-refractivity contribution in [1.82, 2.24) is 0 Å². The zero-order chi connectivity index (χ0) is 14.6. The zero-order valence-electron chi connectivity index (χ0n) is 12.3. The molecule has 0 amide bonds. The number of nitrogens with two attached hydrogens (primary N) is 1. The van der Waals surface area contributed by atoms with Gasteiger partial charge in [0, 0.05) is 6.42 Å². The van der Waals surface area contributed by atoms with Gasteiger partial charge in [-0.15, -0.1) is 0 Å². The number of esters is 1. The van der Waals surface area contributed by atoms with E-state index >= 15 is 0 Å². The van der Waals surface area contributed by atoms with E-state index in [1.807, 2.05) is 32.9 Å². The van der Waals surface area contributed by atoms with Crippen molar-refractivity contribution < 1.29 is 14.3 Å². The average Bonchev–Trinajstić information content (AvgIpc) is 2.31. The molecule has 1 aromatic rings. The smallest absolute Gasteiger partial charge is 0.325 e. The van der Waals surface area contributed by atoms with E-state index in [4.69, 9.17) is 10.5 Å².